The van der Waals surface area contributed by atoms with Gasteiger partial charge in [0.15, 0.2) is 5.13 Å². The summed E-state index contributed by atoms with van der Waals surface area (Å²) in [5.74, 6) is -0.847. The highest BCUT2D eigenvalue weighted by molar-refractivity contribution is 7.22. The molecule has 6 heteroatoms. The fourth-order valence-electron chi connectivity index (χ4n) is 1.96. The van der Waals surface area contributed by atoms with Crippen LogP contribution in [0, 0.1) is 0 Å². The molecule has 2 heterocycles. The van der Waals surface area contributed by atoms with E-state index in [0.29, 0.717) is 5.13 Å². The van der Waals surface area contributed by atoms with Gasteiger partial charge in [-0.15, -0.1) is 0 Å². The maximum absolute atomic E-state index is 11.3. The highest BCUT2D eigenvalue weighted by Gasteiger charge is 2.47. The number of thiazole rings is 1. The summed E-state index contributed by atoms with van der Waals surface area (Å²) in [5, 5.41) is 9.79. The standard InChI is InChI=1S/C11H10N2O3S/c12-10-13-7-2-1-6(3-8(7)17-10)11(9(14)15)4-16-5-11/h1-3H,4-5H2,(H2,12,13)(H,14,15). The Morgan fingerprint density at radius 1 is 1.53 bits per heavy atom. The fraction of sp³-hybridized carbons (Fsp3) is 0.273. The van der Waals surface area contributed by atoms with E-state index in [4.69, 9.17) is 10.5 Å². The van der Waals surface area contributed by atoms with Crippen LogP contribution in [0.2, 0.25) is 0 Å². The summed E-state index contributed by atoms with van der Waals surface area (Å²) in [5.41, 5.74) is 6.29. The molecule has 0 aliphatic carbocycles. The van der Waals surface area contributed by atoms with E-state index >= 15 is 0 Å². The summed E-state index contributed by atoms with van der Waals surface area (Å²) in [6.45, 7) is 0.449. The predicted molar refractivity (Wildman–Crippen MR) is 64.2 cm³/mol. The van der Waals surface area contributed by atoms with Crippen molar-refractivity contribution in [3.05, 3.63) is 23.8 Å². The third-order valence-corrected chi connectivity index (χ3v) is 3.91. The van der Waals surface area contributed by atoms with Crippen LogP contribution >= 0.6 is 11.3 Å². The molecule has 3 N–H and O–H groups in total. The second kappa shape index (κ2) is 3.41. The van der Waals surface area contributed by atoms with E-state index in [9.17, 15) is 9.90 Å². The first-order valence-corrected chi connectivity index (χ1v) is 5.91. The van der Waals surface area contributed by atoms with Gasteiger partial charge in [-0.2, -0.15) is 0 Å². The average Bonchev–Trinajstić information content (AvgIpc) is 2.54. The zero-order valence-corrected chi connectivity index (χ0v) is 9.66. The Morgan fingerprint density at radius 3 is 2.88 bits per heavy atom. The van der Waals surface area contributed by atoms with Gasteiger partial charge in [-0.3, -0.25) is 4.79 Å². The molecule has 0 amide bonds. The first-order valence-electron chi connectivity index (χ1n) is 5.09. The summed E-state index contributed by atoms with van der Waals surface area (Å²) in [4.78, 5) is 15.5. The molecule has 17 heavy (non-hydrogen) atoms. The monoisotopic (exact) mass is 250 g/mol. The number of aromatic nitrogens is 1. The van der Waals surface area contributed by atoms with Crippen LogP contribution in [0.15, 0.2) is 18.2 Å². The van der Waals surface area contributed by atoms with Crippen molar-refractivity contribution in [1.82, 2.24) is 4.98 Å². The zero-order valence-electron chi connectivity index (χ0n) is 8.84. The lowest BCUT2D eigenvalue weighted by molar-refractivity contribution is -0.163. The van der Waals surface area contributed by atoms with Crippen molar-refractivity contribution in [2.45, 2.75) is 5.41 Å². The number of rotatable bonds is 2. The molecule has 0 atom stereocenters. The van der Waals surface area contributed by atoms with Crippen LogP contribution in [-0.4, -0.2) is 29.3 Å². The van der Waals surface area contributed by atoms with Gasteiger partial charge in [0.25, 0.3) is 0 Å². The van der Waals surface area contributed by atoms with E-state index in [1.54, 1.807) is 12.1 Å². The number of hydrogen-bond donors (Lipinski definition) is 2. The van der Waals surface area contributed by atoms with Crippen LogP contribution < -0.4 is 5.73 Å². The molecular formula is C11H10N2O3S. The molecule has 1 saturated heterocycles. The minimum absolute atomic E-state index is 0.224. The molecule has 1 aliphatic rings. The van der Waals surface area contributed by atoms with Crippen molar-refractivity contribution in [2.24, 2.45) is 0 Å². The normalized spacial score (nSPS) is 17.9. The quantitative estimate of drug-likeness (QED) is 0.837. The maximum atomic E-state index is 11.3. The Bertz CT molecular complexity index is 604. The van der Waals surface area contributed by atoms with E-state index in [1.165, 1.54) is 11.3 Å². The van der Waals surface area contributed by atoms with Crippen molar-refractivity contribution in [2.75, 3.05) is 18.9 Å². The minimum Gasteiger partial charge on any atom is -0.480 e. The van der Waals surface area contributed by atoms with E-state index in [0.717, 1.165) is 15.8 Å². The second-order valence-corrected chi connectivity index (χ2v) is 5.18. The summed E-state index contributed by atoms with van der Waals surface area (Å²) >= 11 is 1.36. The maximum Gasteiger partial charge on any atom is 0.318 e. The van der Waals surface area contributed by atoms with Gasteiger partial charge < -0.3 is 15.6 Å². The molecule has 1 aliphatic heterocycles. The Morgan fingerprint density at radius 2 is 2.29 bits per heavy atom. The number of benzene rings is 1. The number of fused-ring (bicyclic) bond motifs is 1. The van der Waals surface area contributed by atoms with E-state index in [-0.39, 0.29) is 13.2 Å². The number of nitrogens with two attached hydrogens (primary N) is 1. The Hall–Kier alpha value is -1.66. The molecule has 0 spiro atoms. The van der Waals surface area contributed by atoms with Crippen LogP contribution in [0.1, 0.15) is 5.56 Å². The molecule has 5 nitrogen and oxygen atoms in total. The first-order chi connectivity index (χ1) is 8.12. The molecular weight excluding hydrogens is 240 g/mol. The Balaban J connectivity index is 2.14. The van der Waals surface area contributed by atoms with E-state index in [2.05, 4.69) is 4.98 Å². The number of carboxylic acids is 1. The lowest BCUT2D eigenvalue weighted by Gasteiger charge is -2.37. The molecule has 0 unspecified atom stereocenters. The molecule has 0 saturated carbocycles. The summed E-state index contributed by atoms with van der Waals surface area (Å²) in [6.07, 6.45) is 0. The van der Waals surface area contributed by atoms with Gasteiger partial charge in [0, 0.05) is 0 Å². The summed E-state index contributed by atoms with van der Waals surface area (Å²) in [7, 11) is 0. The van der Waals surface area contributed by atoms with Crippen LogP contribution in [0.5, 0.6) is 0 Å². The summed E-state index contributed by atoms with van der Waals surface area (Å²) in [6, 6.07) is 5.44. The Labute approximate surface area is 101 Å². The van der Waals surface area contributed by atoms with Gasteiger partial charge >= 0.3 is 5.97 Å². The zero-order chi connectivity index (χ0) is 12.0. The molecule has 3 rings (SSSR count). The number of ether oxygens (including phenoxy) is 1. The number of nitrogen functional groups attached to an aromatic ring is 1. The SMILES string of the molecule is Nc1nc2ccc(C3(C(=O)O)COC3)cc2s1. The second-order valence-electron chi connectivity index (χ2n) is 4.11. The molecule has 2 aromatic rings. The highest BCUT2D eigenvalue weighted by atomic mass is 32.1. The minimum atomic E-state index is -0.896. The lowest BCUT2D eigenvalue weighted by atomic mass is 9.79. The van der Waals surface area contributed by atoms with Gasteiger partial charge in [-0.25, -0.2) is 4.98 Å². The van der Waals surface area contributed by atoms with E-state index < -0.39 is 11.4 Å². The van der Waals surface area contributed by atoms with Gasteiger partial charge in [0.1, 0.15) is 5.41 Å². The first kappa shape index (κ1) is 10.5. The topological polar surface area (TPSA) is 85.4 Å². The van der Waals surface area contributed by atoms with E-state index in [1.807, 2.05) is 6.07 Å². The Kier molecular flexibility index (Phi) is 2.11. The average molecular weight is 250 g/mol. The summed E-state index contributed by atoms with van der Waals surface area (Å²) < 4.78 is 5.96. The van der Waals surface area contributed by atoms with Gasteiger partial charge in [0.2, 0.25) is 0 Å². The smallest absolute Gasteiger partial charge is 0.318 e. The number of anilines is 1. The predicted octanol–water partition coefficient (Wildman–Crippen LogP) is 1.23. The third-order valence-electron chi connectivity index (χ3n) is 3.06. The number of carboxylic acid groups (broad SMARTS) is 1. The van der Waals surface area contributed by atoms with Crippen molar-refractivity contribution < 1.29 is 14.6 Å². The molecule has 1 aromatic heterocycles. The van der Waals surface area contributed by atoms with Gasteiger partial charge in [-0.1, -0.05) is 17.4 Å². The molecule has 0 bridgehead atoms. The fourth-order valence-corrected chi connectivity index (χ4v) is 2.73. The van der Waals surface area contributed by atoms with Crippen LogP contribution in [0.25, 0.3) is 10.2 Å². The van der Waals surface area contributed by atoms with Crippen molar-refractivity contribution in [3.63, 3.8) is 0 Å². The largest absolute Gasteiger partial charge is 0.480 e. The van der Waals surface area contributed by atoms with Gasteiger partial charge in [0.05, 0.1) is 23.4 Å². The van der Waals surface area contributed by atoms with Crippen molar-refractivity contribution >= 4 is 32.7 Å². The number of hydrogen-bond acceptors (Lipinski definition) is 5. The highest BCUT2D eigenvalue weighted by Crippen LogP contribution is 2.35. The van der Waals surface area contributed by atoms with Crippen molar-refractivity contribution in [3.8, 4) is 0 Å². The van der Waals surface area contributed by atoms with Gasteiger partial charge in [-0.05, 0) is 17.7 Å². The number of carbonyl (C=O) groups is 1. The molecule has 1 fully saturated rings. The van der Waals surface area contributed by atoms with Crippen LogP contribution in [0.3, 0.4) is 0 Å². The van der Waals surface area contributed by atoms with Crippen molar-refractivity contribution in [1.29, 1.82) is 0 Å². The third kappa shape index (κ3) is 1.41. The lowest BCUT2D eigenvalue weighted by Crippen LogP contribution is -2.53. The number of nitrogens with zero attached hydrogens (tertiary/aromatic N) is 1. The number of aliphatic carboxylic acids is 1. The molecule has 88 valence electrons. The molecule has 1 aromatic carbocycles. The van der Waals surface area contributed by atoms with Crippen LogP contribution in [-0.2, 0) is 14.9 Å². The van der Waals surface area contributed by atoms with Crippen LogP contribution in [0.4, 0.5) is 5.13 Å². The molecule has 0 radical (unpaired) electrons.